The zero-order chi connectivity index (χ0) is 13.3. The summed E-state index contributed by atoms with van der Waals surface area (Å²) in [6.07, 6.45) is 2.07. The fourth-order valence-electron chi connectivity index (χ4n) is 1.92. The Labute approximate surface area is 104 Å². The maximum Gasteiger partial charge on any atom is 0.133 e. The Bertz CT molecular complexity index is 563. The Kier molecular flexibility index (Phi) is 3.43. The molecule has 2 aromatic rings. The summed E-state index contributed by atoms with van der Waals surface area (Å²) >= 11 is 0. The molecule has 2 N–H and O–H groups in total. The maximum atomic E-state index is 13.9. The number of nitrogens with two attached hydrogens (primary N) is 1. The summed E-state index contributed by atoms with van der Waals surface area (Å²) in [6, 6.07) is 3.69. The molecule has 0 aliphatic rings. The minimum Gasteiger partial charge on any atom is -0.323 e. The van der Waals surface area contributed by atoms with Crippen molar-refractivity contribution in [3.8, 4) is 0 Å². The molecule has 1 unspecified atom stereocenters. The van der Waals surface area contributed by atoms with Crippen LogP contribution in [0.4, 0.5) is 8.78 Å². The second-order valence-corrected chi connectivity index (χ2v) is 4.38. The molecule has 0 aliphatic heterocycles. The first-order valence-electron chi connectivity index (χ1n) is 5.67. The Hall–Kier alpha value is -1.75. The lowest BCUT2D eigenvalue weighted by molar-refractivity contribution is 0.517. The van der Waals surface area contributed by atoms with Gasteiger partial charge in [-0.05, 0) is 24.6 Å². The standard InChI is InChI=1S/C13H15F2N3/c1-8-3-4-10(14)12(13(8)15)11(16)7-9-5-6-18(2)17-9/h3-6,11H,7,16H2,1-2H3. The summed E-state index contributed by atoms with van der Waals surface area (Å²) in [5.41, 5.74) is 6.91. The molecule has 2 rings (SSSR count). The van der Waals surface area contributed by atoms with Crippen molar-refractivity contribution in [3.63, 3.8) is 0 Å². The molecule has 96 valence electrons. The summed E-state index contributed by atoms with van der Waals surface area (Å²) in [7, 11) is 1.78. The van der Waals surface area contributed by atoms with Crippen molar-refractivity contribution >= 4 is 0 Å². The minimum absolute atomic E-state index is 0.0688. The summed E-state index contributed by atoms with van der Waals surface area (Å²) in [4.78, 5) is 0. The van der Waals surface area contributed by atoms with Gasteiger partial charge in [-0.15, -0.1) is 0 Å². The smallest absolute Gasteiger partial charge is 0.133 e. The summed E-state index contributed by atoms with van der Waals surface area (Å²) in [5, 5.41) is 4.15. The van der Waals surface area contributed by atoms with Crippen molar-refractivity contribution in [2.75, 3.05) is 0 Å². The molecule has 3 nitrogen and oxygen atoms in total. The summed E-state index contributed by atoms with van der Waals surface area (Å²) in [6.45, 7) is 1.59. The fourth-order valence-corrected chi connectivity index (χ4v) is 1.92. The second-order valence-electron chi connectivity index (χ2n) is 4.38. The van der Waals surface area contributed by atoms with Gasteiger partial charge in [-0.2, -0.15) is 5.10 Å². The molecule has 0 fully saturated rings. The Morgan fingerprint density at radius 1 is 1.33 bits per heavy atom. The second kappa shape index (κ2) is 4.86. The van der Waals surface area contributed by atoms with E-state index in [4.69, 9.17) is 5.73 Å². The van der Waals surface area contributed by atoms with E-state index in [1.165, 1.54) is 12.1 Å². The summed E-state index contributed by atoms with van der Waals surface area (Å²) < 4.78 is 29.1. The zero-order valence-electron chi connectivity index (χ0n) is 10.3. The van der Waals surface area contributed by atoms with E-state index in [1.807, 2.05) is 0 Å². The molecule has 1 heterocycles. The van der Waals surface area contributed by atoms with Gasteiger partial charge in [-0.25, -0.2) is 8.78 Å². The van der Waals surface area contributed by atoms with Gasteiger partial charge in [0.2, 0.25) is 0 Å². The van der Waals surface area contributed by atoms with Gasteiger partial charge < -0.3 is 5.73 Å². The number of rotatable bonds is 3. The highest BCUT2D eigenvalue weighted by Crippen LogP contribution is 2.24. The van der Waals surface area contributed by atoms with Crippen LogP contribution in [0.1, 0.15) is 22.9 Å². The molecule has 0 saturated heterocycles. The molecule has 0 amide bonds. The molecule has 18 heavy (non-hydrogen) atoms. The number of hydrogen-bond donors (Lipinski definition) is 1. The molecule has 0 saturated carbocycles. The van der Waals surface area contributed by atoms with Crippen LogP contribution in [0.5, 0.6) is 0 Å². The Balaban J connectivity index is 2.28. The average molecular weight is 251 g/mol. The van der Waals surface area contributed by atoms with E-state index in [9.17, 15) is 8.78 Å². The molecule has 0 aliphatic carbocycles. The highest BCUT2D eigenvalue weighted by Gasteiger charge is 2.19. The van der Waals surface area contributed by atoms with Gasteiger partial charge in [-0.1, -0.05) is 6.07 Å². The third kappa shape index (κ3) is 2.41. The summed E-state index contributed by atoms with van der Waals surface area (Å²) in [5.74, 6) is -1.18. The highest BCUT2D eigenvalue weighted by molar-refractivity contribution is 5.29. The van der Waals surface area contributed by atoms with Crippen LogP contribution in [0.3, 0.4) is 0 Å². The van der Waals surface area contributed by atoms with E-state index < -0.39 is 17.7 Å². The van der Waals surface area contributed by atoms with Crippen LogP contribution >= 0.6 is 0 Å². The van der Waals surface area contributed by atoms with Gasteiger partial charge in [-0.3, -0.25) is 4.68 Å². The van der Waals surface area contributed by atoms with Crippen molar-refractivity contribution in [1.82, 2.24) is 9.78 Å². The lowest BCUT2D eigenvalue weighted by Gasteiger charge is -2.14. The van der Waals surface area contributed by atoms with E-state index >= 15 is 0 Å². The molecule has 0 bridgehead atoms. The number of nitrogens with zero attached hydrogens (tertiary/aromatic N) is 2. The van der Waals surface area contributed by atoms with E-state index in [0.29, 0.717) is 17.7 Å². The van der Waals surface area contributed by atoms with E-state index in [-0.39, 0.29) is 5.56 Å². The van der Waals surface area contributed by atoms with Crippen molar-refractivity contribution in [2.24, 2.45) is 12.8 Å². The van der Waals surface area contributed by atoms with Crippen molar-refractivity contribution in [2.45, 2.75) is 19.4 Å². The maximum absolute atomic E-state index is 13.9. The third-order valence-electron chi connectivity index (χ3n) is 2.89. The van der Waals surface area contributed by atoms with E-state index in [1.54, 1.807) is 30.9 Å². The van der Waals surface area contributed by atoms with Crippen LogP contribution in [0.15, 0.2) is 24.4 Å². The number of halogens is 2. The lowest BCUT2D eigenvalue weighted by Crippen LogP contribution is -2.18. The molecule has 1 atom stereocenters. The third-order valence-corrected chi connectivity index (χ3v) is 2.89. The van der Waals surface area contributed by atoms with Gasteiger partial charge in [0, 0.05) is 31.3 Å². The first-order chi connectivity index (χ1) is 8.49. The normalized spacial score (nSPS) is 12.7. The highest BCUT2D eigenvalue weighted by atomic mass is 19.1. The Morgan fingerprint density at radius 2 is 2.06 bits per heavy atom. The monoisotopic (exact) mass is 251 g/mol. The van der Waals surface area contributed by atoms with E-state index in [2.05, 4.69) is 5.10 Å². The van der Waals surface area contributed by atoms with Crippen LogP contribution in [-0.2, 0) is 13.5 Å². The topological polar surface area (TPSA) is 43.8 Å². The lowest BCUT2D eigenvalue weighted by atomic mass is 9.99. The van der Waals surface area contributed by atoms with Crippen LogP contribution in [0.25, 0.3) is 0 Å². The van der Waals surface area contributed by atoms with Crippen LogP contribution < -0.4 is 5.73 Å². The molecular weight excluding hydrogens is 236 g/mol. The first-order valence-corrected chi connectivity index (χ1v) is 5.67. The average Bonchev–Trinajstić information content (AvgIpc) is 2.70. The SMILES string of the molecule is Cc1ccc(F)c(C(N)Cc2ccn(C)n2)c1F. The molecule has 1 aromatic heterocycles. The van der Waals surface area contributed by atoms with Gasteiger partial charge in [0.1, 0.15) is 11.6 Å². The zero-order valence-corrected chi connectivity index (χ0v) is 10.3. The van der Waals surface area contributed by atoms with Crippen LogP contribution in [-0.4, -0.2) is 9.78 Å². The number of benzene rings is 1. The fraction of sp³-hybridized carbons (Fsp3) is 0.308. The predicted molar refractivity (Wildman–Crippen MR) is 64.9 cm³/mol. The molecule has 5 heteroatoms. The Morgan fingerprint density at radius 3 is 2.67 bits per heavy atom. The van der Waals surface area contributed by atoms with Crippen molar-refractivity contribution in [1.29, 1.82) is 0 Å². The first kappa shape index (κ1) is 12.7. The quantitative estimate of drug-likeness (QED) is 0.909. The van der Waals surface area contributed by atoms with Gasteiger partial charge in [0.25, 0.3) is 0 Å². The van der Waals surface area contributed by atoms with Crippen molar-refractivity contribution in [3.05, 3.63) is 52.9 Å². The van der Waals surface area contributed by atoms with Crippen LogP contribution in [0.2, 0.25) is 0 Å². The van der Waals surface area contributed by atoms with Crippen LogP contribution in [0, 0.1) is 18.6 Å². The predicted octanol–water partition coefficient (Wildman–Crippen LogP) is 2.25. The van der Waals surface area contributed by atoms with Gasteiger partial charge in [0.05, 0.1) is 5.69 Å². The number of aromatic nitrogens is 2. The van der Waals surface area contributed by atoms with Gasteiger partial charge in [0.15, 0.2) is 0 Å². The molecule has 1 aromatic carbocycles. The van der Waals surface area contributed by atoms with E-state index in [0.717, 1.165) is 0 Å². The van der Waals surface area contributed by atoms with Gasteiger partial charge >= 0.3 is 0 Å². The largest absolute Gasteiger partial charge is 0.323 e. The minimum atomic E-state index is -0.736. The number of aryl methyl sites for hydroxylation is 2. The molecule has 0 radical (unpaired) electrons. The number of hydrogen-bond acceptors (Lipinski definition) is 2. The van der Waals surface area contributed by atoms with Crippen molar-refractivity contribution < 1.29 is 8.78 Å². The molecule has 0 spiro atoms. The molecular formula is C13H15F2N3.